The van der Waals surface area contributed by atoms with E-state index in [4.69, 9.17) is 0 Å². The van der Waals surface area contributed by atoms with Crippen molar-refractivity contribution in [1.82, 2.24) is 5.43 Å². The van der Waals surface area contributed by atoms with E-state index in [1.165, 1.54) is 0 Å². The summed E-state index contributed by atoms with van der Waals surface area (Å²) in [5.74, 6) is 4.45. The van der Waals surface area contributed by atoms with Crippen LogP contribution in [0.2, 0.25) is 0 Å². The predicted octanol–water partition coefficient (Wildman–Crippen LogP) is -4.47. The number of carbonyl (C=O) groups is 1. The number of nitrogens with two attached hydrogens (primary N) is 2. The van der Waals surface area contributed by atoms with E-state index >= 15 is 0 Å². The SMILES string of the molecule is NNC(N)=O.[Cl-]. The lowest BCUT2D eigenvalue weighted by Crippen LogP contribution is -3.00. The Morgan fingerprint density at radius 2 is 1.83 bits per heavy atom. The first-order chi connectivity index (χ1) is 2.27. The van der Waals surface area contributed by atoms with Gasteiger partial charge in [0.2, 0.25) is 0 Å². The van der Waals surface area contributed by atoms with Crippen molar-refractivity contribution in [2.45, 2.75) is 0 Å². The van der Waals surface area contributed by atoms with Crippen LogP contribution < -0.4 is 29.4 Å². The van der Waals surface area contributed by atoms with Gasteiger partial charge in [-0.3, -0.25) is 5.43 Å². The van der Waals surface area contributed by atoms with E-state index in [1.54, 1.807) is 5.43 Å². The molecule has 0 aromatic carbocycles. The Labute approximate surface area is 41.3 Å². The first-order valence-electron chi connectivity index (χ1n) is 1.03. The van der Waals surface area contributed by atoms with Crippen molar-refractivity contribution in [1.29, 1.82) is 0 Å². The fourth-order valence-electron chi connectivity index (χ4n) is 0. The van der Waals surface area contributed by atoms with Crippen LogP contribution in [-0.4, -0.2) is 6.03 Å². The number of amides is 2. The van der Waals surface area contributed by atoms with Gasteiger partial charge in [-0.1, -0.05) is 0 Å². The van der Waals surface area contributed by atoms with Gasteiger partial charge in [0.25, 0.3) is 0 Å². The van der Waals surface area contributed by atoms with Gasteiger partial charge in [0.15, 0.2) is 0 Å². The average Bonchev–Trinajstić information content (AvgIpc) is 1.38. The van der Waals surface area contributed by atoms with E-state index in [0.717, 1.165) is 0 Å². The number of hydrazine groups is 1. The van der Waals surface area contributed by atoms with Crippen molar-refractivity contribution in [3.63, 3.8) is 0 Å². The van der Waals surface area contributed by atoms with Gasteiger partial charge in [-0.05, 0) is 0 Å². The third-order valence-electron chi connectivity index (χ3n) is 0.142. The van der Waals surface area contributed by atoms with E-state index in [-0.39, 0.29) is 12.4 Å². The molecule has 0 saturated carbocycles. The summed E-state index contributed by atoms with van der Waals surface area (Å²) >= 11 is 0. The molecule has 0 fully saturated rings. The van der Waals surface area contributed by atoms with Gasteiger partial charge in [-0.2, -0.15) is 0 Å². The Morgan fingerprint density at radius 1 is 1.67 bits per heavy atom. The van der Waals surface area contributed by atoms with Gasteiger partial charge in [0.05, 0.1) is 0 Å². The smallest absolute Gasteiger partial charge is 0.326 e. The molecule has 0 atom stereocenters. The zero-order valence-electron chi connectivity index (χ0n) is 2.94. The van der Waals surface area contributed by atoms with E-state index in [2.05, 4.69) is 11.6 Å². The molecule has 5 heteroatoms. The molecule has 0 spiro atoms. The van der Waals surface area contributed by atoms with Crippen LogP contribution in [0.5, 0.6) is 0 Å². The highest BCUT2D eigenvalue weighted by molar-refractivity contribution is 5.70. The fourth-order valence-corrected chi connectivity index (χ4v) is 0. The minimum atomic E-state index is -0.718. The zero-order chi connectivity index (χ0) is 4.28. The molecule has 0 aliphatic carbocycles. The average molecular weight is 111 g/mol. The molecule has 38 valence electrons. The van der Waals surface area contributed by atoms with Gasteiger partial charge in [-0.25, -0.2) is 10.6 Å². The maximum atomic E-state index is 9.35. The molecule has 6 heavy (non-hydrogen) atoms. The predicted molar refractivity (Wildman–Crippen MR) is 16.9 cm³/mol. The molecule has 4 nitrogen and oxygen atoms in total. The largest absolute Gasteiger partial charge is 1.00 e. The van der Waals surface area contributed by atoms with Crippen molar-refractivity contribution in [3.8, 4) is 0 Å². The van der Waals surface area contributed by atoms with Crippen molar-refractivity contribution in [2.75, 3.05) is 0 Å². The highest BCUT2D eigenvalue weighted by atomic mass is 35.5. The van der Waals surface area contributed by atoms with Crippen LogP contribution in [0.1, 0.15) is 0 Å². The fraction of sp³-hybridized carbons (Fsp3) is 0. The molecule has 2 amide bonds. The molecule has 0 radical (unpaired) electrons. The van der Waals surface area contributed by atoms with E-state index in [1.807, 2.05) is 0 Å². The lowest BCUT2D eigenvalue weighted by atomic mass is 11.2. The highest BCUT2D eigenvalue weighted by Gasteiger charge is 1.73. The van der Waals surface area contributed by atoms with Gasteiger partial charge in [0.1, 0.15) is 0 Å². The monoisotopic (exact) mass is 110 g/mol. The normalized spacial score (nSPS) is 5.50. The summed E-state index contributed by atoms with van der Waals surface area (Å²) in [6.07, 6.45) is 0. The summed E-state index contributed by atoms with van der Waals surface area (Å²) < 4.78 is 0. The van der Waals surface area contributed by atoms with E-state index in [9.17, 15) is 4.79 Å². The van der Waals surface area contributed by atoms with Crippen LogP contribution in [0.3, 0.4) is 0 Å². The van der Waals surface area contributed by atoms with Crippen LogP contribution in [0.15, 0.2) is 0 Å². The Hall–Kier alpha value is -0.480. The van der Waals surface area contributed by atoms with Crippen LogP contribution in [0.4, 0.5) is 4.79 Å². The van der Waals surface area contributed by atoms with Gasteiger partial charge >= 0.3 is 6.03 Å². The summed E-state index contributed by atoms with van der Waals surface area (Å²) in [5.41, 5.74) is 6.08. The first kappa shape index (κ1) is 9.10. The van der Waals surface area contributed by atoms with E-state index in [0.29, 0.717) is 0 Å². The number of rotatable bonds is 0. The van der Waals surface area contributed by atoms with Crippen LogP contribution in [0, 0.1) is 0 Å². The van der Waals surface area contributed by atoms with Gasteiger partial charge in [-0.15, -0.1) is 0 Å². The minimum Gasteiger partial charge on any atom is -1.00 e. The second kappa shape index (κ2) is 4.52. The molecule has 0 unspecified atom stereocenters. The third kappa shape index (κ3) is 9.68. The third-order valence-corrected chi connectivity index (χ3v) is 0.142. The number of hydrogen-bond acceptors (Lipinski definition) is 2. The summed E-state index contributed by atoms with van der Waals surface area (Å²) in [7, 11) is 0. The number of hydrogen-bond donors (Lipinski definition) is 3. The van der Waals surface area contributed by atoms with Crippen molar-refractivity contribution in [2.24, 2.45) is 11.6 Å². The molecular weight excluding hydrogens is 105 g/mol. The highest BCUT2D eigenvalue weighted by Crippen LogP contribution is 1.34. The number of halogens is 1. The van der Waals surface area contributed by atoms with Crippen molar-refractivity contribution >= 4 is 6.03 Å². The number of urea groups is 1. The van der Waals surface area contributed by atoms with Gasteiger partial charge < -0.3 is 18.1 Å². The molecule has 0 saturated heterocycles. The topological polar surface area (TPSA) is 81.1 Å². The Balaban J connectivity index is 0. The minimum absolute atomic E-state index is 0. The molecule has 0 bridgehead atoms. The molecule has 5 N–H and O–H groups in total. The maximum Gasteiger partial charge on any atom is 0.326 e. The molecule has 0 aliphatic rings. The van der Waals surface area contributed by atoms with Crippen molar-refractivity contribution < 1.29 is 17.2 Å². The second-order valence-electron chi connectivity index (χ2n) is 0.509. The van der Waals surface area contributed by atoms with Crippen molar-refractivity contribution in [3.05, 3.63) is 0 Å². The Bertz CT molecular complexity index is 46.1. The zero-order valence-corrected chi connectivity index (χ0v) is 3.70. The molecule has 0 rings (SSSR count). The molecule has 0 aromatic heterocycles. The van der Waals surface area contributed by atoms with Crippen LogP contribution in [0.25, 0.3) is 0 Å². The standard InChI is InChI=1S/CH5N3O.ClH/c2-1(5)4-3;/h3H2,(H3,2,4,5);1H/p-1. The number of carbonyl (C=O) groups excluding carboxylic acids is 1. The summed E-state index contributed by atoms with van der Waals surface area (Å²) in [6, 6.07) is -0.718. The van der Waals surface area contributed by atoms with Crippen LogP contribution in [-0.2, 0) is 0 Å². The Kier molecular flexibility index (Phi) is 6.86. The number of primary amides is 1. The Morgan fingerprint density at radius 3 is 1.83 bits per heavy atom. The van der Waals surface area contributed by atoms with E-state index < -0.39 is 6.03 Å². The molecule has 0 aliphatic heterocycles. The number of nitrogens with one attached hydrogen (secondary N) is 1. The summed E-state index contributed by atoms with van der Waals surface area (Å²) in [5, 5.41) is 0. The quantitative estimate of drug-likeness (QED) is 0.167. The first-order valence-corrected chi connectivity index (χ1v) is 1.03. The molecule has 0 heterocycles. The maximum absolute atomic E-state index is 9.35. The van der Waals surface area contributed by atoms with Crippen LogP contribution >= 0.6 is 0 Å². The lowest BCUT2D eigenvalue weighted by molar-refractivity contribution is -0.00000455. The summed E-state index contributed by atoms with van der Waals surface area (Å²) in [6.45, 7) is 0. The summed E-state index contributed by atoms with van der Waals surface area (Å²) in [4.78, 5) is 9.35. The lowest BCUT2D eigenvalue weighted by Gasteiger charge is -1.81. The molecular formula is CH5ClN3O-. The molecule has 0 aromatic rings. The second-order valence-corrected chi connectivity index (χ2v) is 0.509. The van der Waals surface area contributed by atoms with Gasteiger partial charge in [0, 0.05) is 0 Å².